The Morgan fingerprint density at radius 1 is 1.07 bits per heavy atom. The predicted octanol–water partition coefficient (Wildman–Crippen LogP) is 3.11. The number of hydrogen-bond donors (Lipinski definition) is 2. The van der Waals surface area contributed by atoms with E-state index in [0.717, 1.165) is 11.4 Å². The molecule has 6 nitrogen and oxygen atoms in total. The van der Waals surface area contributed by atoms with Crippen LogP contribution in [0.3, 0.4) is 0 Å². The maximum Gasteiger partial charge on any atom is 0.228 e. The molecule has 2 rings (SSSR count). The van der Waals surface area contributed by atoms with Gasteiger partial charge in [0.15, 0.2) is 5.11 Å². The van der Waals surface area contributed by atoms with E-state index in [2.05, 4.69) is 15.5 Å². The third-order valence-corrected chi connectivity index (χ3v) is 4.91. The van der Waals surface area contributed by atoms with E-state index in [-0.39, 0.29) is 28.8 Å². The number of hydrogen-bond acceptors (Lipinski definition) is 4. The van der Waals surface area contributed by atoms with Crippen LogP contribution in [0.4, 0.5) is 11.4 Å². The van der Waals surface area contributed by atoms with Crippen LogP contribution in [-0.2, 0) is 9.59 Å². The number of halogens is 1. The van der Waals surface area contributed by atoms with Crippen LogP contribution in [0.2, 0.25) is 5.02 Å². The van der Waals surface area contributed by atoms with Crippen molar-refractivity contribution in [2.24, 2.45) is 11.8 Å². The Morgan fingerprint density at radius 3 is 2.26 bits per heavy atom. The number of amides is 2. The molecular formula is C19H27ClN4O2S. The summed E-state index contributed by atoms with van der Waals surface area (Å²) in [6.07, 6.45) is 0. The Labute approximate surface area is 171 Å². The van der Waals surface area contributed by atoms with Gasteiger partial charge in [-0.2, -0.15) is 0 Å². The van der Waals surface area contributed by atoms with E-state index in [1.807, 2.05) is 36.9 Å². The van der Waals surface area contributed by atoms with E-state index >= 15 is 0 Å². The summed E-state index contributed by atoms with van der Waals surface area (Å²) in [4.78, 5) is 28.1. The van der Waals surface area contributed by atoms with Crippen molar-refractivity contribution >= 4 is 52.1 Å². The molecule has 0 atom stereocenters. The van der Waals surface area contributed by atoms with Gasteiger partial charge in [0.1, 0.15) is 0 Å². The van der Waals surface area contributed by atoms with E-state index in [0.29, 0.717) is 31.2 Å². The van der Waals surface area contributed by atoms with Crippen LogP contribution in [0.25, 0.3) is 0 Å². The molecule has 1 aromatic rings. The van der Waals surface area contributed by atoms with Crippen molar-refractivity contribution < 1.29 is 9.59 Å². The summed E-state index contributed by atoms with van der Waals surface area (Å²) in [6.45, 7) is 10.1. The van der Waals surface area contributed by atoms with Crippen LogP contribution in [0, 0.1) is 11.8 Å². The summed E-state index contributed by atoms with van der Waals surface area (Å²) in [5.41, 5.74) is 1.57. The highest BCUT2D eigenvalue weighted by Gasteiger charge is 2.25. The SMILES string of the molecule is CC(C)C(=O)NC(=S)Nc1cccc(Cl)c1N1CCN(C(=O)C(C)C)CC1. The maximum absolute atomic E-state index is 12.2. The predicted molar refractivity (Wildman–Crippen MR) is 114 cm³/mol. The number of carbonyl (C=O) groups excluding carboxylic acids is 2. The first-order valence-corrected chi connectivity index (χ1v) is 9.93. The minimum Gasteiger partial charge on any atom is -0.365 e. The number of nitrogens with zero attached hydrogens (tertiary/aromatic N) is 2. The number of piperazine rings is 1. The van der Waals surface area contributed by atoms with Gasteiger partial charge in [-0.3, -0.25) is 9.59 Å². The Kier molecular flexibility index (Phi) is 7.44. The molecular weight excluding hydrogens is 384 g/mol. The van der Waals surface area contributed by atoms with Gasteiger partial charge in [-0.05, 0) is 24.4 Å². The van der Waals surface area contributed by atoms with Crippen molar-refractivity contribution in [3.05, 3.63) is 23.2 Å². The van der Waals surface area contributed by atoms with Gasteiger partial charge in [-0.25, -0.2) is 0 Å². The Morgan fingerprint density at radius 2 is 1.70 bits per heavy atom. The standard InChI is InChI=1S/C19H27ClN4O2S/c1-12(2)17(25)22-19(27)21-15-7-5-6-14(20)16(15)23-8-10-24(11-9-23)18(26)13(3)4/h5-7,12-13H,8-11H2,1-4H3,(H2,21,22,25,27). The summed E-state index contributed by atoms with van der Waals surface area (Å²) in [5.74, 6) is -0.132. The van der Waals surface area contributed by atoms with Crippen LogP contribution >= 0.6 is 23.8 Å². The molecule has 1 aromatic carbocycles. The first-order chi connectivity index (χ1) is 12.7. The monoisotopic (exact) mass is 410 g/mol. The summed E-state index contributed by atoms with van der Waals surface area (Å²) in [6, 6.07) is 5.53. The molecule has 0 bridgehead atoms. The van der Waals surface area contributed by atoms with E-state index < -0.39 is 0 Å². The van der Waals surface area contributed by atoms with Gasteiger partial charge in [0.05, 0.1) is 16.4 Å². The van der Waals surface area contributed by atoms with Crippen LogP contribution in [0.5, 0.6) is 0 Å². The lowest BCUT2D eigenvalue weighted by Crippen LogP contribution is -2.50. The highest BCUT2D eigenvalue weighted by Crippen LogP contribution is 2.34. The van der Waals surface area contributed by atoms with Gasteiger partial charge in [0.25, 0.3) is 0 Å². The van der Waals surface area contributed by atoms with Gasteiger partial charge in [-0.1, -0.05) is 45.4 Å². The van der Waals surface area contributed by atoms with Crippen LogP contribution < -0.4 is 15.5 Å². The molecule has 1 aliphatic rings. The quantitative estimate of drug-likeness (QED) is 0.746. The molecule has 148 valence electrons. The fraction of sp³-hybridized carbons (Fsp3) is 0.526. The molecule has 0 unspecified atom stereocenters. The molecule has 2 N–H and O–H groups in total. The summed E-state index contributed by atoms with van der Waals surface area (Å²) < 4.78 is 0. The molecule has 0 spiro atoms. The zero-order chi connectivity index (χ0) is 20.1. The molecule has 0 radical (unpaired) electrons. The van der Waals surface area contributed by atoms with E-state index in [1.165, 1.54) is 0 Å². The largest absolute Gasteiger partial charge is 0.365 e. The number of anilines is 2. The van der Waals surface area contributed by atoms with Crippen molar-refractivity contribution in [1.29, 1.82) is 0 Å². The topological polar surface area (TPSA) is 64.7 Å². The fourth-order valence-corrected chi connectivity index (χ4v) is 3.37. The smallest absolute Gasteiger partial charge is 0.228 e. The van der Waals surface area contributed by atoms with Gasteiger partial charge in [0.2, 0.25) is 11.8 Å². The second-order valence-corrected chi connectivity index (χ2v) is 8.02. The summed E-state index contributed by atoms with van der Waals surface area (Å²) in [5, 5.41) is 6.60. The van der Waals surface area contributed by atoms with Gasteiger partial charge in [-0.15, -0.1) is 0 Å². The van der Waals surface area contributed by atoms with Crippen molar-refractivity contribution in [3.8, 4) is 0 Å². The minimum atomic E-state index is -0.157. The van der Waals surface area contributed by atoms with Gasteiger partial charge in [0, 0.05) is 38.0 Å². The number of para-hydroxylation sites is 1. The molecule has 27 heavy (non-hydrogen) atoms. The summed E-state index contributed by atoms with van der Waals surface area (Å²) in [7, 11) is 0. The van der Waals surface area contributed by atoms with Gasteiger partial charge >= 0.3 is 0 Å². The summed E-state index contributed by atoms with van der Waals surface area (Å²) >= 11 is 11.7. The minimum absolute atomic E-state index is 0.00367. The Balaban J connectivity index is 2.11. The lowest BCUT2D eigenvalue weighted by molar-refractivity contribution is -0.134. The lowest BCUT2D eigenvalue weighted by Gasteiger charge is -2.38. The molecule has 0 saturated carbocycles. The zero-order valence-electron chi connectivity index (χ0n) is 16.2. The Hall–Kier alpha value is -1.86. The lowest BCUT2D eigenvalue weighted by atomic mass is 10.1. The van der Waals surface area contributed by atoms with Crippen LogP contribution in [0.1, 0.15) is 27.7 Å². The second kappa shape index (κ2) is 9.37. The average molecular weight is 411 g/mol. The third kappa shape index (κ3) is 5.56. The first kappa shape index (κ1) is 21.4. The van der Waals surface area contributed by atoms with Crippen LogP contribution in [0.15, 0.2) is 18.2 Å². The highest BCUT2D eigenvalue weighted by molar-refractivity contribution is 7.80. The molecule has 8 heteroatoms. The molecule has 2 amide bonds. The first-order valence-electron chi connectivity index (χ1n) is 9.14. The third-order valence-electron chi connectivity index (χ3n) is 4.40. The highest BCUT2D eigenvalue weighted by atomic mass is 35.5. The maximum atomic E-state index is 12.2. The number of carbonyl (C=O) groups is 2. The van der Waals surface area contributed by atoms with Crippen molar-refractivity contribution in [1.82, 2.24) is 10.2 Å². The van der Waals surface area contributed by atoms with Crippen molar-refractivity contribution in [2.45, 2.75) is 27.7 Å². The fourth-order valence-electron chi connectivity index (χ4n) is 2.86. The molecule has 0 aromatic heterocycles. The second-order valence-electron chi connectivity index (χ2n) is 7.20. The van der Waals surface area contributed by atoms with Crippen molar-refractivity contribution in [2.75, 3.05) is 36.4 Å². The molecule has 1 heterocycles. The number of thiocarbonyl (C=S) groups is 1. The number of benzene rings is 1. The van der Waals surface area contributed by atoms with E-state index in [4.69, 9.17) is 23.8 Å². The van der Waals surface area contributed by atoms with E-state index in [1.54, 1.807) is 13.8 Å². The number of nitrogens with one attached hydrogen (secondary N) is 2. The van der Waals surface area contributed by atoms with Crippen LogP contribution in [-0.4, -0.2) is 48.0 Å². The normalized spacial score (nSPS) is 14.5. The number of rotatable bonds is 4. The molecule has 1 saturated heterocycles. The zero-order valence-corrected chi connectivity index (χ0v) is 17.8. The average Bonchev–Trinajstić information content (AvgIpc) is 2.61. The Bertz CT molecular complexity index is 716. The molecule has 1 fully saturated rings. The van der Waals surface area contributed by atoms with E-state index in [9.17, 15) is 9.59 Å². The molecule has 0 aliphatic carbocycles. The van der Waals surface area contributed by atoms with Crippen molar-refractivity contribution in [3.63, 3.8) is 0 Å². The van der Waals surface area contributed by atoms with Gasteiger partial charge < -0.3 is 20.4 Å². The molecule has 1 aliphatic heterocycles.